The second-order valence-corrected chi connectivity index (χ2v) is 5.76. The highest BCUT2D eigenvalue weighted by Crippen LogP contribution is 2.29. The van der Waals surface area contributed by atoms with E-state index in [2.05, 4.69) is 36.1 Å². The zero-order valence-electron chi connectivity index (χ0n) is 12.2. The molecule has 1 fully saturated rings. The van der Waals surface area contributed by atoms with Gasteiger partial charge in [0.2, 0.25) is 0 Å². The van der Waals surface area contributed by atoms with Crippen molar-refractivity contribution in [3.63, 3.8) is 0 Å². The first kappa shape index (κ1) is 13.4. The highest BCUT2D eigenvalue weighted by Gasteiger charge is 2.24. The highest BCUT2D eigenvalue weighted by atomic mass is 15.2. The van der Waals surface area contributed by atoms with Crippen LogP contribution in [0.15, 0.2) is 30.3 Å². The van der Waals surface area contributed by atoms with Gasteiger partial charge in [0.05, 0.1) is 5.52 Å². The molecule has 3 nitrogen and oxygen atoms in total. The minimum Gasteiger partial charge on any atom is -0.356 e. The molecule has 1 atom stereocenters. The van der Waals surface area contributed by atoms with Crippen LogP contribution in [0.1, 0.15) is 31.7 Å². The molecule has 1 saturated heterocycles. The average molecular weight is 269 g/mol. The second kappa shape index (κ2) is 5.80. The van der Waals surface area contributed by atoms with Crippen molar-refractivity contribution in [2.45, 2.75) is 32.7 Å². The van der Waals surface area contributed by atoms with Gasteiger partial charge in [0, 0.05) is 30.6 Å². The van der Waals surface area contributed by atoms with Crippen molar-refractivity contribution >= 4 is 16.7 Å². The zero-order chi connectivity index (χ0) is 13.9. The fourth-order valence-electron chi connectivity index (χ4n) is 3.24. The van der Waals surface area contributed by atoms with Gasteiger partial charge in [-0.15, -0.1) is 0 Å². The molecule has 0 radical (unpaired) electrons. The van der Waals surface area contributed by atoms with E-state index < -0.39 is 0 Å². The van der Waals surface area contributed by atoms with Crippen molar-refractivity contribution in [3.05, 3.63) is 35.9 Å². The third kappa shape index (κ3) is 2.50. The van der Waals surface area contributed by atoms with Crippen molar-refractivity contribution < 1.29 is 0 Å². The highest BCUT2D eigenvalue weighted by molar-refractivity contribution is 5.81. The topological polar surface area (TPSA) is 42.2 Å². The summed E-state index contributed by atoms with van der Waals surface area (Å²) in [5.74, 6) is 1.92. The minimum atomic E-state index is 0.558. The maximum Gasteiger partial charge on any atom is 0.133 e. The summed E-state index contributed by atoms with van der Waals surface area (Å²) in [7, 11) is 0. The average Bonchev–Trinajstić information content (AvgIpc) is 2.94. The van der Waals surface area contributed by atoms with Crippen LogP contribution in [0.2, 0.25) is 0 Å². The SMILES string of the molecule is CCCC1CCN(c2nc3ccccc3cc2CN)C1. The molecule has 0 bridgehead atoms. The van der Waals surface area contributed by atoms with Gasteiger partial charge in [-0.1, -0.05) is 31.5 Å². The molecular weight excluding hydrogens is 246 g/mol. The van der Waals surface area contributed by atoms with Gasteiger partial charge >= 0.3 is 0 Å². The summed E-state index contributed by atoms with van der Waals surface area (Å²) in [6, 6.07) is 10.5. The largest absolute Gasteiger partial charge is 0.356 e. The van der Waals surface area contributed by atoms with E-state index in [1.807, 2.05) is 6.07 Å². The van der Waals surface area contributed by atoms with Gasteiger partial charge < -0.3 is 10.6 Å². The van der Waals surface area contributed by atoms with Crippen LogP contribution in [0, 0.1) is 5.92 Å². The molecule has 1 unspecified atom stereocenters. The Hall–Kier alpha value is -1.61. The molecular formula is C17H23N3. The van der Waals surface area contributed by atoms with Crippen molar-refractivity contribution in [3.8, 4) is 0 Å². The lowest BCUT2D eigenvalue weighted by Gasteiger charge is -2.21. The Labute approximate surface area is 120 Å². The monoisotopic (exact) mass is 269 g/mol. The van der Waals surface area contributed by atoms with Gasteiger partial charge in [0.25, 0.3) is 0 Å². The van der Waals surface area contributed by atoms with Crippen LogP contribution >= 0.6 is 0 Å². The van der Waals surface area contributed by atoms with E-state index in [0.717, 1.165) is 30.3 Å². The Morgan fingerprint density at radius 1 is 1.35 bits per heavy atom. The van der Waals surface area contributed by atoms with Gasteiger partial charge in [-0.2, -0.15) is 0 Å². The van der Waals surface area contributed by atoms with Gasteiger partial charge in [-0.3, -0.25) is 0 Å². The fraction of sp³-hybridized carbons (Fsp3) is 0.471. The number of fused-ring (bicyclic) bond motifs is 1. The Morgan fingerprint density at radius 3 is 3.00 bits per heavy atom. The smallest absolute Gasteiger partial charge is 0.133 e. The van der Waals surface area contributed by atoms with Crippen LogP contribution in [-0.2, 0) is 6.54 Å². The maximum atomic E-state index is 5.94. The molecule has 20 heavy (non-hydrogen) atoms. The first-order chi connectivity index (χ1) is 9.81. The number of benzene rings is 1. The molecule has 0 aliphatic carbocycles. The summed E-state index contributed by atoms with van der Waals surface area (Å²) in [5, 5.41) is 1.18. The van der Waals surface area contributed by atoms with E-state index in [1.54, 1.807) is 0 Å². The predicted octanol–water partition coefficient (Wildman–Crippen LogP) is 3.32. The Kier molecular flexibility index (Phi) is 3.88. The normalized spacial score (nSPS) is 18.9. The van der Waals surface area contributed by atoms with Gasteiger partial charge in [-0.05, 0) is 30.9 Å². The lowest BCUT2D eigenvalue weighted by Crippen LogP contribution is -2.23. The molecule has 0 saturated carbocycles. The number of anilines is 1. The van der Waals surface area contributed by atoms with Crippen LogP contribution in [0.3, 0.4) is 0 Å². The summed E-state index contributed by atoms with van der Waals surface area (Å²) in [6.07, 6.45) is 3.88. The quantitative estimate of drug-likeness (QED) is 0.926. The summed E-state index contributed by atoms with van der Waals surface area (Å²) in [6.45, 7) is 5.07. The number of hydrogen-bond acceptors (Lipinski definition) is 3. The number of pyridine rings is 1. The van der Waals surface area contributed by atoms with E-state index in [0.29, 0.717) is 6.54 Å². The summed E-state index contributed by atoms with van der Waals surface area (Å²) < 4.78 is 0. The standard InChI is InChI=1S/C17H23N3/c1-2-5-13-8-9-20(12-13)17-15(11-18)10-14-6-3-4-7-16(14)19-17/h3-4,6-7,10,13H,2,5,8-9,11-12,18H2,1H3. The Balaban J connectivity index is 1.94. The number of nitrogens with two attached hydrogens (primary N) is 1. The predicted molar refractivity (Wildman–Crippen MR) is 84.9 cm³/mol. The number of rotatable bonds is 4. The third-order valence-corrected chi connectivity index (χ3v) is 4.28. The molecule has 3 rings (SSSR count). The van der Waals surface area contributed by atoms with Crippen LogP contribution < -0.4 is 10.6 Å². The zero-order valence-corrected chi connectivity index (χ0v) is 12.2. The van der Waals surface area contributed by atoms with Crippen molar-refractivity contribution in [2.75, 3.05) is 18.0 Å². The van der Waals surface area contributed by atoms with Gasteiger partial charge in [0.15, 0.2) is 0 Å². The number of para-hydroxylation sites is 1. The van der Waals surface area contributed by atoms with Crippen LogP contribution in [0.4, 0.5) is 5.82 Å². The lowest BCUT2D eigenvalue weighted by atomic mass is 10.0. The summed E-state index contributed by atoms with van der Waals surface area (Å²) in [5.41, 5.74) is 8.17. The fourth-order valence-corrected chi connectivity index (χ4v) is 3.24. The van der Waals surface area contributed by atoms with Crippen LogP contribution in [-0.4, -0.2) is 18.1 Å². The Bertz CT molecular complexity index is 594. The Morgan fingerprint density at radius 2 is 2.20 bits per heavy atom. The van der Waals surface area contributed by atoms with Gasteiger partial charge in [0.1, 0.15) is 5.82 Å². The second-order valence-electron chi connectivity index (χ2n) is 5.76. The molecule has 3 heteroatoms. The van der Waals surface area contributed by atoms with Crippen LogP contribution in [0.5, 0.6) is 0 Å². The van der Waals surface area contributed by atoms with E-state index in [1.165, 1.54) is 30.2 Å². The molecule has 2 heterocycles. The molecule has 2 N–H and O–H groups in total. The number of nitrogens with zero attached hydrogens (tertiary/aromatic N) is 2. The van der Waals surface area contributed by atoms with Crippen molar-refractivity contribution in [1.82, 2.24) is 4.98 Å². The number of aromatic nitrogens is 1. The summed E-state index contributed by atoms with van der Waals surface area (Å²) >= 11 is 0. The summed E-state index contributed by atoms with van der Waals surface area (Å²) in [4.78, 5) is 7.29. The number of hydrogen-bond donors (Lipinski definition) is 1. The molecule has 1 aliphatic rings. The molecule has 1 aliphatic heterocycles. The van der Waals surface area contributed by atoms with Gasteiger partial charge in [-0.25, -0.2) is 4.98 Å². The maximum absolute atomic E-state index is 5.94. The molecule has 106 valence electrons. The molecule has 1 aromatic carbocycles. The van der Waals surface area contributed by atoms with Crippen LogP contribution in [0.25, 0.3) is 10.9 Å². The van der Waals surface area contributed by atoms with E-state index in [-0.39, 0.29) is 0 Å². The van der Waals surface area contributed by atoms with E-state index in [4.69, 9.17) is 10.7 Å². The van der Waals surface area contributed by atoms with Crippen molar-refractivity contribution in [2.24, 2.45) is 11.7 Å². The first-order valence-corrected chi connectivity index (χ1v) is 7.65. The molecule has 2 aromatic rings. The first-order valence-electron chi connectivity index (χ1n) is 7.65. The van der Waals surface area contributed by atoms with Crippen molar-refractivity contribution in [1.29, 1.82) is 0 Å². The third-order valence-electron chi connectivity index (χ3n) is 4.28. The van der Waals surface area contributed by atoms with E-state index in [9.17, 15) is 0 Å². The van der Waals surface area contributed by atoms with E-state index >= 15 is 0 Å². The lowest BCUT2D eigenvalue weighted by molar-refractivity contribution is 0.529. The molecule has 0 amide bonds. The molecule has 0 spiro atoms. The minimum absolute atomic E-state index is 0.558. The molecule has 1 aromatic heterocycles.